The van der Waals surface area contributed by atoms with Gasteiger partial charge in [0.1, 0.15) is 18.1 Å². The number of fused-ring (bicyclic) bond motifs is 2. The van der Waals surface area contributed by atoms with Crippen molar-refractivity contribution < 1.29 is 14.6 Å². The Balaban J connectivity index is 1.78. The van der Waals surface area contributed by atoms with E-state index in [0.29, 0.717) is 23.7 Å². The Hall–Kier alpha value is -2.46. The molecule has 0 aliphatic carbocycles. The number of hydrogen-bond acceptors (Lipinski definition) is 3. The minimum atomic E-state index is -0.0640. The molecule has 4 rings (SSSR count). The van der Waals surface area contributed by atoms with Gasteiger partial charge >= 0.3 is 0 Å². The van der Waals surface area contributed by atoms with Gasteiger partial charge in [0, 0.05) is 34.7 Å². The molecule has 2 aliphatic heterocycles. The topological polar surface area (TPSA) is 58.6 Å². The van der Waals surface area contributed by atoms with Gasteiger partial charge in [0.05, 0.1) is 0 Å². The number of nitrogens with one attached hydrogen (secondary N) is 1. The first-order valence-corrected chi connectivity index (χ1v) is 7.73. The molecule has 2 heterocycles. The molecule has 0 fully saturated rings. The summed E-state index contributed by atoms with van der Waals surface area (Å²) < 4.78 is 5.81. The van der Waals surface area contributed by atoms with Crippen molar-refractivity contribution in [3.8, 4) is 11.5 Å². The normalized spacial score (nSPS) is 19.1. The highest BCUT2D eigenvalue weighted by Crippen LogP contribution is 2.41. The maximum Gasteiger partial charge on any atom is 0.225 e. The fraction of sp³-hybridized carbons (Fsp3) is 0.167. The fourth-order valence-corrected chi connectivity index (χ4v) is 3.33. The Morgan fingerprint density at radius 1 is 1.22 bits per heavy atom. The molecule has 0 bridgehead atoms. The van der Waals surface area contributed by atoms with Gasteiger partial charge in [0.15, 0.2) is 0 Å². The number of aromatic hydroxyl groups is 1. The fourth-order valence-electron chi connectivity index (χ4n) is 3.15. The first kappa shape index (κ1) is 14.2. The van der Waals surface area contributed by atoms with Crippen LogP contribution in [0.1, 0.15) is 23.5 Å². The maximum absolute atomic E-state index is 12.0. The van der Waals surface area contributed by atoms with E-state index in [4.69, 9.17) is 16.3 Å². The van der Waals surface area contributed by atoms with Crippen LogP contribution in [0.25, 0.3) is 6.08 Å². The second-order valence-electron chi connectivity index (χ2n) is 5.77. The number of rotatable bonds is 1. The van der Waals surface area contributed by atoms with Gasteiger partial charge in [-0.3, -0.25) is 4.79 Å². The number of carbonyl (C=O) groups is 1. The summed E-state index contributed by atoms with van der Waals surface area (Å²) in [6.45, 7) is 0.437. The Kier molecular flexibility index (Phi) is 3.27. The lowest BCUT2D eigenvalue weighted by atomic mass is 9.83. The van der Waals surface area contributed by atoms with Gasteiger partial charge in [-0.1, -0.05) is 17.7 Å². The molecule has 0 spiro atoms. The largest absolute Gasteiger partial charge is 0.508 e. The molecule has 23 heavy (non-hydrogen) atoms. The molecule has 4 nitrogen and oxygen atoms in total. The quantitative estimate of drug-likeness (QED) is 0.834. The number of hydrogen-bond donors (Lipinski definition) is 2. The summed E-state index contributed by atoms with van der Waals surface area (Å²) in [5.41, 5.74) is 3.60. The van der Waals surface area contributed by atoms with Gasteiger partial charge in [-0.05, 0) is 41.5 Å². The van der Waals surface area contributed by atoms with Crippen molar-refractivity contribution >= 4 is 29.3 Å². The SMILES string of the molecule is O=C1C[C@H](C2=Cc3cc(Cl)ccc3OC2)c2ccc(O)cc2N1. The van der Waals surface area contributed by atoms with Crippen LogP contribution in [-0.2, 0) is 4.79 Å². The summed E-state index contributed by atoms with van der Waals surface area (Å²) in [5, 5.41) is 13.1. The zero-order valence-corrected chi connectivity index (χ0v) is 12.9. The molecule has 2 aromatic rings. The van der Waals surface area contributed by atoms with Crippen molar-refractivity contribution in [2.45, 2.75) is 12.3 Å². The summed E-state index contributed by atoms with van der Waals surface area (Å²) in [7, 11) is 0. The van der Waals surface area contributed by atoms with E-state index in [1.54, 1.807) is 18.2 Å². The number of phenols is 1. The summed E-state index contributed by atoms with van der Waals surface area (Å²) in [4.78, 5) is 12.0. The smallest absolute Gasteiger partial charge is 0.225 e. The predicted molar refractivity (Wildman–Crippen MR) is 89.0 cm³/mol. The lowest BCUT2D eigenvalue weighted by Gasteiger charge is -2.30. The molecular formula is C18H14ClNO3. The lowest BCUT2D eigenvalue weighted by molar-refractivity contribution is -0.116. The van der Waals surface area contributed by atoms with E-state index >= 15 is 0 Å². The van der Waals surface area contributed by atoms with Crippen LogP contribution in [0.15, 0.2) is 42.0 Å². The Labute approximate surface area is 138 Å². The third-order valence-electron chi connectivity index (χ3n) is 4.23. The van der Waals surface area contributed by atoms with E-state index < -0.39 is 0 Å². The summed E-state index contributed by atoms with van der Waals surface area (Å²) >= 11 is 6.06. The van der Waals surface area contributed by atoms with Crippen molar-refractivity contribution in [3.63, 3.8) is 0 Å². The van der Waals surface area contributed by atoms with E-state index in [9.17, 15) is 9.90 Å². The Morgan fingerprint density at radius 3 is 2.96 bits per heavy atom. The van der Waals surface area contributed by atoms with Crippen molar-refractivity contribution in [1.29, 1.82) is 0 Å². The molecule has 2 aromatic carbocycles. The second-order valence-corrected chi connectivity index (χ2v) is 6.20. The van der Waals surface area contributed by atoms with Crippen LogP contribution in [0, 0.1) is 0 Å². The summed E-state index contributed by atoms with van der Waals surface area (Å²) in [6.07, 6.45) is 2.41. The lowest BCUT2D eigenvalue weighted by Crippen LogP contribution is -2.26. The van der Waals surface area contributed by atoms with Crippen molar-refractivity contribution in [2.75, 3.05) is 11.9 Å². The number of ether oxygens (including phenoxy) is 1. The highest BCUT2D eigenvalue weighted by Gasteiger charge is 2.30. The van der Waals surface area contributed by atoms with Crippen LogP contribution >= 0.6 is 11.6 Å². The van der Waals surface area contributed by atoms with Crippen LogP contribution < -0.4 is 10.1 Å². The van der Waals surface area contributed by atoms with Crippen molar-refractivity contribution in [3.05, 3.63) is 58.1 Å². The van der Waals surface area contributed by atoms with Crippen molar-refractivity contribution in [2.24, 2.45) is 0 Å². The van der Waals surface area contributed by atoms with Gasteiger partial charge in [-0.15, -0.1) is 0 Å². The number of amides is 1. The molecular weight excluding hydrogens is 314 g/mol. The minimum absolute atomic E-state index is 0.0634. The third-order valence-corrected chi connectivity index (χ3v) is 4.47. The Bertz CT molecular complexity index is 844. The van der Waals surface area contributed by atoms with E-state index in [1.807, 2.05) is 24.3 Å². The van der Waals surface area contributed by atoms with E-state index in [-0.39, 0.29) is 17.6 Å². The molecule has 2 aliphatic rings. The van der Waals surface area contributed by atoms with E-state index in [0.717, 1.165) is 22.4 Å². The first-order valence-electron chi connectivity index (χ1n) is 7.36. The number of anilines is 1. The summed E-state index contributed by atoms with van der Waals surface area (Å²) in [6, 6.07) is 10.6. The molecule has 0 saturated heterocycles. The molecule has 0 saturated carbocycles. The zero-order valence-electron chi connectivity index (χ0n) is 12.2. The van der Waals surface area contributed by atoms with E-state index in [2.05, 4.69) is 5.32 Å². The van der Waals surface area contributed by atoms with Gasteiger partial charge < -0.3 is 15.2 Å². The van der Waals surface area contributed by atoms with E-state index in [1.165, 1.54) is 0 Å². The third kappa shape index (κ3) is 2.55. The second kappa shape index (κ2) is 5.32. The number of halogens is 1. The average Bonchev–Trinajstić information content (AvgIpc) is 2.53. The van der Waals surface area contributed by atoms with Gasteiger partial charge in [0.25, 0.3) is 0 Å². The van der Waals surface area contributed by atoms with Crippen LogP contribution in [0.5, 0.6) is 11.5 Å². The van der Waals surface area contributed by atoms with Crippen LogP contribution in [-0.4, -0.2) is 17.6 Å². The zero-order chi connectivity index (χ0) is 16.0. The molecule has 5 heteroatoms. The number of phenolic OH excluding ortho intramolecular Hbond substituents is 1. The first-order chi connectivity index (χ1) is 11.1. The number of benzene rings is 2. The Morgan fingerprint density at radius 2 is 2.09 bits per heavy atom. The molecule has 2 N–H and O–H groups in total. The average molecular weight is 328 g/mol. The summed E-state index contributed by atoms with van der Waals surface area (Å²) in [5.74, 6) is 0.803. The molecule has 0 aromatic heterocycles. The highest BCUT2D eigenvalue weighted by atomic mass is 35.5. The standard InChI is InChI=1S/C18H14ClNO3/c19-12-1-4-17-10(6-12)5-11(9-23-17)15-8-18(22)20-16-7-13(21)2-3-14(15)16/h1-7,15,21H,8-9H2,(H,20,22)/t15-/m1/s1. The van der Waals surface area contributed by atoms with Gasteiger partial charge in [-0.2, -0.15) is 0 Å². The maximum atomic E-state index is 12.0. The van der Waals surface area contributed by atoms with Gasteiger partial charge in [0.2, 0.25) is 5.91 Å². The molecule has 116 valence electrons. The molecule has 0 unspecified atom stereocenters. The van der Waals surface area contributed by atoms with Crippen LogP contribution in [0.2, 0.25) is 5.02 Å². The minimum Gasteiger partial charge on any atom is -0.508 e. The highest BCUT2D eigenvalue weighted by molar-refractivity contribution is 6.30. The van der Waals surface area contributed by atoms with Gasteiger partial charge in [-0.25, -0.2) is 0 Å². The molecule has 1 atom stereocenters. The molecule has 1 amide bonds. The monoisotopic (exact) mass is 327 g/mol. The predicted octanol–water partition coefficient (Wildman–Crippen LogP) is 3.95. The van der Waals surface area contributed by atoms with Crippen molar-refractivity contribution in [1.82, 2.24) is 0 Å². The number of carbonyl (C=O) groups excluding carboxylic acids is 1. The molecule has 0 radical (unpaired) electrons. The van der Waals surface area contributed by atoms with Crippen LogP contribution in [0.3, 0.4) is 0 Å². The van der Waals surface area contributed by atoms with Crippen LogP contribution in [0.4, 0.5) is 5.69 Å².